The smallest absolute Gasteiger partial charge is 0.168 e. The number of nitrogens with zero attached hydrogens (tertiary/aromatic N) is 4. The number of pyridine rings is 1. The molecule has 1 atom stereocenters. The van der Waals surface area contributed by atoms with Crippen LogP contribution in [0.5, 0.6) is 11.5 Å². The number of nitrogens with two attached hydrogens (primary N) is 1. The predicted molar refractivity (Wildman–Crippen MR) is 152 cm³/mol. The van der Waals surface area contributed by atoms with Gasteiger partial charge in [0.15, 0.2) is 5.82 Å². The molecule has 3 N–H and O–H groups in total. The molecule has 0 saturated carbocycles. The molecule has 5 rings (SSSR count). The van der Waals surface area contributed by atoms with Crippen molar-refractivity contribution in [1.82, 2.24) is 15.0 Å². The third kappa shape index (κ3) is 5.49. The van der Waals surface area contributed by atoms with E-state index in [-0.39, 0.29) is 17.4 Å². The number of anilines is 3. The van der Waals surface area contributed by atoms with E-state index in [0.29, 0.717) is 17.4 Å². The van der Waals surface area contributed by atoms with Crippen LogP contribution in [0.25, 0.3) is 22.5 Å². The number of ether oxygens (including phenoxy) is 2. The summed E-state index contributed by atoms with van der Waals surface area (Å²) < 4.78 is 25.6. The second kappa shape index (κ2) is 11.2. The molecule has 0 aliphatic carbocycles. The lowest BCUT2D eigenvalue weighted by atomic mass is 9.97. The highest BCUT2D eigenvalue weighted by Crippen LogP contribution is 2.38. The van der Waals surface area contributed by atoms with Crippen LogP contribution in [0.2, 0.25) is 0 Å². The second-order valence-electron chi connectivity index (χ2n) is 9.79. The number of methoxy groups -OCH3 is 2. The van der Waals surface area contributed by atoms with Gasteiger partial charge < -0.3 is 25.4 Å². The molecule has 0 radical (unpaired) electrons. The summed E-state index contributed by atoms with van der Waals surface area (Å²) in [7, 11) is 3.18. The molecule has 3 heterocycles. The molecule has 4 aromatic rings. The number of rotatable bonds is 7. The van der Waals surface area contributed by atoms with Crippen LogP contribution in [0.4, 0.5) is 21.7 Å². The number of hydrogen-bond acceptors (Lipinski definition) is 8. The zero-order valence-corrected chi connectivity index (χ0v) is 22.7. The largest absolute Gasteiger partial charge is 0.496 e. The number of aromatic nitrogens is 3. The molecule has 0 spiro atoms. The first-order chi connectivity index (χ1) is 18.9. The summed E-state index contributed by atoms with van der Waals surface area (Å²) in [5.74, 6) is 2.12. The Hall–Kier alpha value is -4.24. The van der Waals surface area contributed by atoms with Crippen LogP contribution >= 0.6 is 0 Å². The Morgan fingerprint density at radius 2 is 1.82 bits per heavy atom. The van der Waals surface area contributed by atoms with E-state index in [1.807, 2.05) is 26.1 Å². The van der Waals surface area contributed by atoms with Crippen LogP contribution < -0.4 is 25.4 Å². The summed E-state index contributed by atoms with van der Waals surface area (Å²) >= 11 is 0. The van der Waals surface area contributed by atoms with Crippen molar-refractivity contribution in [2.75, 3.05) is 37.5 Å². The van der Waals surface area contributed by atoms with Crippen LogP contribution in [-0.2, 0) is 0 Å². The number of benzene rings is 2. The number of piperidine rings is 1. The van der Waals surface area contributed by atoms with Crippen LogP contribution in [0, 0.1) is 19.7 Å². The van der Waals surface area contributed by atoms with Crippen molar-refractivity contribution < 1.29 is 13.9 Å². The number of aryl methyl sites for hydroxylation is 2. The van der Waals surface area contributed by atoms with Gasteiger partial charge in [0.25, 0.3) is 0 Å². The standard InChI is InChI=1S/C30H33FN6O2/c1-18-13-20(14-19(2)29(18)39-4)22-16-34-27(15-24(22)37-12-6-7-21(32)17-37)35-26-10-11-33-30(36-26)28-23(31)8-5-9-25(28)38-3/h5,8-11,13-16,21H,6-7,12,17,32H2,1-4H3,(H,33,34,35,36)/t21-/m0/s1. The average molecular weight is 529 g/mol. The maximum atomic E-state index is 14.7. The lowest BCUT2D eigenvalue weighted by Crippen LogP contribution is -2.43. The molecule has 1 fully saturated rings. The van der Waals surface area contributed by atoms with E-state index in [4.69, 9.17) is 20.2 Å². The molecular formula is C30H33FN6O2. The molecule has 1 saturated heterocycles. The molecule has 202 valence electrons. The van der Waals surface area contributed by atoms with Gasteiger partial charge in [0.2, 0.25) is 0 Å². The quantitative estimate of drug-likeness (QED) is 0.318. The van der Waals surface area contributed by atoms with Crippen molar-refractivity contribution in [3.63, 3.8) is 0 Å². The van der Waals surface area contributed by atoms with Gasteiger partial charge in [-0.3, -0.25) is 0 Å². The molecule has 2 aromatic carbocycles. The summed E-state index contributed by atoms with van der Waals surface area (Å²) in [6, 6.07) is 12.7. The summed E-state index contributed by atoms with van der Waals surface area (Å²) in [6.45, 7) is 5.76. The molecule has 0 amide bonds. The first-order valence-electron chi connectivity index (χ1n) is 13.0. The van der Waals surface area contributed by atoms with Crippen molar-refractivity contribution in [2.24, 2.45) is 5.73 Å². The Balaban J connectivity index is 1.53. The zero-order valence-electron chi connectivity index (χ0n) is 22.7. The van der Waals surface area contributed by atoms with E-state index >= 15 is 0 Å². The summed E-state index contributed by atoms with van der Waals surface area (Å²) in [6.07, 6.45) is 5.48. The molecule has 9 heteroatoms. The van der Waals surface area contributed by atoms with E-state index < -0.39 is 5.82 Å². The van der Waals surface area contributed by atoms with E-state index in [2.05, 4.69) is 32.3 Å². The second-order valence-corrected chi connectivity index (χ2v) is 9.79. The van der Waals surface area contributed by atoms with Crippen molar-refractivity contribution in [3.05, 3.63) is 71.8 Å². The summed E-state index contributed by atoms with van der Waals surface area (Å²) in [5, 5.41) is 3.28. The normalized spacial score (nSPS) is 15.2. The van der Waals surface area contributed by atoms with E-state index in [1.165, 1.54) is 13.2 Å². The van der Waals surface area contributed by atoms with Crippen molar-refractivity contribution in [3.8, 4) is 34.0 Å². The fraction of sp³-hybridized carbons (Fsp3) is 0.300. The summed E-state index contributed by atoms with van der Waals surface area (Å²) in [4.78, 5) is 15.9. The van der Waals surface area contributed by atoms with Gasteiger partial charge in [-0.25, -0.2) is 19.3 Å². The lowest BCUT2D eigenvalue weighted by Gasteiger charge is -2.34. The van der Waals surface area contributed by atoms with Crippen molar-refractivity contribution in [2.45, 2.75) is 32.7 Å². The predicted octanol–water partition coefficient (Wildman–Crippen LogP) is 5.65. The molecule has 2 aromatic heterocycles. The molecule has 1 aliphatic rings. The highest BCUT2D eigenvalue weighted by Gasteiger charge is 2.22. The molecule has 39 heavy (non-hydrogen) atoms. The molecular weight excluding hydrogens is 495 g/mol. The van der Waals surface area contributed by atoms with Gasteiger partial charge in [0, 0.05) is 48.8 Å². The summed E-state index contributed by atoms with van der Waals surface area (Å²) in [5.41, 5.74) is 11.8. The van der Waals surface area contributed by atoms with Gasteiger partial charge in [0.05, 0.1) is 19.8 Å². The van der Waals surface area contributed by atoms with E-state index in [9.17, 15) is 4.39 Å². The molecule has 0 unspecified atom stereocenters. The highest BCUT2D eigenvalue weighted by atomic mass is 19.1. The van der Waals surface area contributed by atoms with Crippen LogP contribution in [0.3, 0.4) is 0 Å². The van der Waals surface area contributed by atoms with Gasteiger partial charge >= 0.3 is 0 Å². The number of hydrogen-bond donors (Lipinski definition) is 2. The Bertz CT molecular complexity index is 1470. The van der Waals surface area contributed by atoms with E-state index in [0.717, 1.165) is 59.6 Å². The van der Waals surface area contributed by atoms with Gasteiger partial charge in [-0.15, -0.1) is 0 Å². The van der Waals surface area contributed by atoms with Gasteiger partial charge in [-0.2, -0.15) is 0 Å². The van der Waals surface area contributed by atoms with Gasteiger partial charge in [0.1, 0.15) is 29.0 Å². The van der Waals surface area contributed by atoms with Crippen LogP contribution in [-0.4, -0.2) is 48.3 Å². The van der Waals surface area contributed by atoms with Crippen LogP contribution in [0.1, 0.15) is 24.0 Å². The Labute approximate surface area is 228 Å². The Morgan fingerprint density at radius 3 is 2.54 bits per heavy atom. The third-order valence-corrected chi connectivity index (χ3v) is 6.99. The van der Waals surface area contributed by atoms with Crippen molar-refractivity contribution >= 4 is 17.3 Å². The van der Waals surface area contributed by atoms with Crippen molar-refractivity contribution in [1.29, 1.82) is 0 Å². The monoisotopic (exact) mass is 528 g/mol. The third-order valence-electron chi connectivity index (χ3n) is 6.99. The van der Waals surface area contributed by atoms with E-state index in [1.54, 1.807) is 31.5 Å². The minimum Gasteiger partial charge on any atom is -0.496 e. The first kappa shape index (κ1) is 26.4. The van der Waals surface area contributed by atoms with Crippen LogP contribution in [0.15, 0.2) is 54.9 Å². The molecule has 8 nitrogen and oxygen atoms in total. The topological polar surface area (TPSA) is 98.4 Å². The first-order valence-corrected chi connectivity index (χ1v) is 13.0. The fourth-order valence-electron chi connectivity index (χ4n) is 5.23. The Morgan fingerprint density at radius 1 is 1.03 bits per heavy atom. The number of nitrogens with one attached hydrogen (secondary N) is 1. The lowest BCUT2D eigenvalue weighted by molar-refractivity contribution is 0.408. The number of halogens is 1. The minimum atomic E-state index is -0.456. The highest BCUT2D eigenvalue weighted by molar-refractivity contribution is 5.82. The van der Waals surface area contributed by atoms with Gasteiger partial charge in [-0.05, 0) is 73.7 Å². The maximum absolute atomic E-state index is 14.7. The van der Waals surface area contributed by atoms with Gasteiger partial charge in [-0.1, -0.05) is 6.07 Å². The SMILES string of the molecule is COc1cccc(F)c1-c1nccc(Nc2cc(N3CCC[C@H](N)C3)c(-c3cc(C)c(OC)c(C)c3)cn2)n1. The Kier molecular flexibility index (Phi) is 7.60. The fourth-order valence-corrected chi connectivity index (χ4v) is 5.23. The zero-order chi connectivity index (χ0) is 27.5. The molecule has 0 bridgehead atoms. The molecule has 1 aliphatic heterocycles. The maximum Gasteiger partial charge on any atom is 0.168 e. The average Bonchev–Trinajstić information content (AvgIpc) is 2.93. The minimum absolute atomic E-state index is 0.107.